The molecule has 1 aromatic heterocycles. The molecule has 0 radical (unpaired) electrons. The van der Waals surface area contributed by atoms with Gasteiger partial charge in [0, 0.05) is 25.3 Å². The van der Waals surface area contributed by atoms with Crippen molar-refractivity contribution in [2.45, 2.75) is 45.1 Å². The highest BCUT2D eigenvalue weighted by atomic mass is 15.2. The fourth-order valence-corrected chi connectivity index (χ4v) is 3.49. The van der Waals surface area contributed by atoms with E-state index < -0.39 is 0 Å². The fourth-order valence-electron chi connectivity index (χ4n) is 3.49. The molecule has 104 valence electrons. The first-order chi connectivity index (χ1) is 9.25. The van der Waals surface area contributed by atoms with E-state index in [4.69, 9.17) is 4.98 Å². The lowest BCUT2D eigenvalue weighted by atomic mass is 9.94. The Bertz CT molecular complexity index is 438. The van der Waals surface area contributed by atoms with Gasteiger partial charge in [0.2, 0.25) is 0 Å². The highest BCUT2D eigenvalue weighted by Gasteiger charge is 2.23. The SMILES string of the molecule is Cc1cc(N2CCCC2)ncc1C1CCCCN1C. The second kappa shape index (κ2) is 5.49. The third-order valence-corrected chi connectivity index (χ3v) is 4.70. The normalized spacial score (nSPS) is 24.9. The van der Waals surface area contributed by atoms with Crippen LogP contribution in [0, 0.1) is 6.92 Å². The molecule has 3 nitrogen and oxygen atoms in total. The molecule has 0 spiro atoms. The van der Waals surface area contributed by atoms with E-state index >= 15 is 0 Å². The number of anilines is 1. The highest BCUT2D eigenvalue weighted by molar-refractivity contribution is 5.44. The van der Waals surface area contributed by atoms with Gasteiger partial charge in [0.1, 0.15) is 5.82 Å². The van der Waals surface area contributed by atoms with Gasteiger partial charge in [-0.15, -0.1) is 0 Å². The molecule has 3 rings (SSSR count). The minimum atomic E-state index is 0.578. The van der Waals surface area contributed by atoms with E-state index in [1.165, 1.54) is 68.7 Å². The van der Waals surface area contributed by atoms with Gasteiger partial charge < -0.3 is 4.90 Å². The molecular formula is C16H25N3. The Morgan fingerprint density at radius 1 is 1.11 bits per heavy atom. The van der Waals surface area contributed by atoms with Gasteiger partial charge in [-0.1, -0.05) is 6.42 Å². The molecule has 2 aliphatic rings. The van der Waals surface area contributed by atoms with E-state index in [2.05, 4.69) is 36.0 Å². The monoisotopic (exact) mass is 259 g/mol. The van der Waals surface area contributed by atoms with Gasteiger partial charge in [-0.3, -0.25) is 4.90 Å². The van der Waals surface area contributed by atoms with Gasteiger partial charge in [-0.2, -0.15) is 0 Å². The van der Waals surface area contributed by atoms with E-state index in [1.54, 1.807) is 0 Å². The van der Waals surface area contributed by atoms with Gasteiger partial charge in [0.25, 0.3) is 0 Å². The summed E-state index contributed by atoms with van der Waals surface area (Å²) in [4.78, 5) is 9.64. The molecular weight excluding hydrogens is 234 g/mol. The molecule has 2 fully saturated rings. The zero-order valence-electron chi connectivity index (χ0n) is 12.2. The van der Waals surface area contributed by atoms with Crippen molar-refractivity contribution in [3.05, 3.63) is 23.4 Å². The third-order valence-electron chi connectivity index (χ3n) is 4.70. The molecule has 0 aliphatic carbocycles. The number of hydrogen-bond donors (Lipinski definition) is 0. The zero-order valence-corrected chi connectivity index (χ0v) is 12.2. The van der Waals surface area contributed by atoms with Gasteiger partial charge in [-0.05, 0) is 63.4 Å². The van der Waals surface area contributed by atoms with Crippen molar-refractivity contribution in [3.63, 3.8) is 0 Å². The van der Waals surface area contributed by atoms with Crippen LogP contribution in [-0.4, -0.2) is 36.6 Å². The van der Waals surface area contributed by atoms with Gasteiger partial charge in [-0.25, -0.2) is 4.98 Å². The van der Waals surface area contributed by atoms with Crippen LogP contribution in [0.2, 0.25) is 0 Å². The van der Waals surface area contributed by atoms with Gasteiger partial charge in [0.05, 0.1) is 0 Å². The summed E-state index contributed by atoms with van der Waals surface area (Å²) in [6.45, 7) is 5.82. The number of aryl methyl sites for hydroxylation is 1. The summed E-state index contributed by atoms with van der Waals surface area (Å²) >= 11 is 0. The van der Waals surface area contributed by atoms with Crippen LogP contribution < -0.4 is 4.90 Å². The molecule has 3 heterocycles. The topological polar surface area (TPSA) is 19.4 Å². The maximum atomic E-state index is 4.73. The first-order valence-corrected chi connectivity index (χ1v) is 7.67. The number of rotatable bonds is 2. The van der Waals surface area contributed by atoms with E-state index in [9.17, 15) is 0 Å². The number of pyridine rings is 1. The van der Waals surface area contributed by atoms with Crippen molar-refractivity contribution >= 4 is 5.82 Å². The van der Waals surface area contributed by atoms with Crippen LogP contribution in [0.25, 0.3) is 0 Å². The van der Waals surface area contributed by atoms with E-state index in [-0.39, 0.29) is 0 Å². The summed E-state index contributed by atoms with van der Waals surface area (Å²) in [7, 11) is 2.25. The molecule has 0 aromatic carbocycles. The predicted octanol–water partition coefficient (Wildman–Crippen LogP) is 3.15. The summed E-state index contributed by atoms with van der Waals surface area (Å²) in [5.41, 5.74) is 2.85. The van der Waals surface area contributed by atoms with E-state index in [1.807, 2.05) is 0 Å². The fraction of sp³-hybridized carbons (Fsp3) is 0.688. The lowest BCUT2D eigenvalue weighted by Crippen LogP contribution is -2.30. The summed E-state index contributed by atoms with van der Waals surface area (Å²) in [5.74, 6) is 1.18. The minimum Gasteiger partial charge on any atom is -0.357 e. The zero-order chi connectivity index (χ0) is 13.2. The summed E-state index contributed by atoms with van der Waals surface area (Å²) in [6.07, 6.45) is 8.73. The summed E-state index contributed by atoms with van der Waals surface area (Å²) < 4.78 is 0. The standard InChI is InChI=1S/C16H25N3/c1-13-11-16(19-9-5-6-10-19)17-12-14(13)15-7-3-4-8-18(15)2/h11-12,15H,3-10H2,1-2H3. The van der Waals surface area contributed by atoms with Crippen LogP contribution in [0.3, 0.4) is 0 Å². The molecule has 2 saturated heterocycles. The van der Waals surface area contributed by atoms with Crippen LogP contribution in [0.5, 0.6) is 0 Å². The Kier molecular flexibility index (Phi) is 3.74. The number of aromatic nitrogens is 1. The molecule has 0 amide bonds. The van der Waals surface area contributed by atoms with E-state index in [0.29, 0.717) is 6.04 Å². The first kappa shape index (κ1) is 12.9. The summed E-state index contributed by atoms with van der Waals surface area (Å²) in [5, 5.41) is 0. The van der Waals surface area contributed by atoms with Crippen molar-refractivity contribution in [2.24, 2.45) is 0 Å². The second-order valence-electron chi connectivity index (χ2n) is 6.09. The maximum Gasteiger partial charge on any atom is 0.128 e. The molecule has 19 heavy (non-hydrogen) atoms. The average Bonchev–Trinajstić information content (AvgIpc) is 2.94. The third kappa shape index (κ3) is 2.62. The van der Waals surface area contributed by atoms with Gasteiger partial charge >= 0.3 is 0 Å². The Balaban J connectivity index is 1.82. The molecule has 1 atom stereocenters. The van der Waals surface area contributed by atoms with Crippen molar-refractivity contribution in [3.8, 4) is 0 Å². The Labute approximate surface area is 116 Å². The Morgan fingerprint density at radius 3 is 2.53 bits per heavy atom. The van der Waals surface area contributed by atoms with Crippen LogP contribution in [0.15, 0.2) is 12.3 Å². The van der Waals surface area contributed by atoms with Crippen molar-refractivity contribution in [2.75, 3.05) is 31.6 Å². The number of likely N-dealkylation sites (tertiary alicyclic amines) is 1. The van der Waals surface area contributed by atoms with Crippen LogP contribution in [0.4, 0.5) is 5.82 Å². The molecule has 1 aromatic rings. The quantitative estimate of drug-likeness (QED) is 0.813. The molecule has 3 heteroatoms. The van der Waals surface area contributed by atoms with Crippen LogP contribution in [-0.2, 0) is 0 Å². The highest BCUT2D eigenvalue weighted by Crippen LogP contribution is 2.32. The number of piperidine rings is 1. The molecule has 2 aliphatic heterocycles. The number of nitrogens with zero attached hydrogens (tertiary/aromatic N) is 3. The number of hydrogen-bond acceptors (Lipinski definition) is 3. The maximum absolute atomic E-state index is 4.73. The lowest BCUT2D eigenvalue weighted by molar-refractivity contribution is 0.186. The molecule has 0 N–H and O–H groups in total. The van der Waals surface area contributed by atoms with Crippen molar-refractivity contribution in [1.29, 1.82) is 0 Å². The Hall–Kier alpha value is -1.09. The molecule has 0 saturated carbocycles. The van der Waals surface area contributed by atoms with E-state index in [0.717, 1.165) is 0 Å². The second-order valence-corrected chi connectivity index (χ2v) is 6.09. The largest absolute Gasteiger partial charge is 0.357 e. The minimum absolute atomic E-state index is 0.578. The Morgan fingerprint density at radius 2 is 1.84 bits per heavy atom. The average molecular weight is 259 g/mol. The van der Waals surface area contributed by atoms with Crippen molar-refractivity contribution < 1.29 is 0 Å². The molecule has 0 bridgehead atoms. The summed E-state index contributed by atoms with van der Waals surface area (Å²) in [6, 6.07) is 2.87. The smallest absolute Gasteiger partial charge is 0.128 e. The first-order valence-electron chi connectivity index (χ1n) is 7.67. The molecule has 1 unspecified atom stereocenters. The lowest BCUT2D eigenvalue weighted by Gasteiger charge is -2.33. The van der Waals surface area contributed by atoms with Crippen LogP contribution >= 0.6 is 0 Å². The van der Waals surface area contributed by atoms with Gasteiger partial charge in [0.15, 0.2) is 0 Å². The van der Waals surface area contributed by atoms with Crippen molar-refractivity contribution in [1.82, 2.24) is 9.88 Å². The predicted molar refractivity (Wildman–Crippen MR) is 79.6 cm³/mol. The van der Waals surface area contributed by atoms with Crippen LogP contribution in [0.1, 0.15) is 49.3 Å².